The van der Waals surface area contributed by atoms with Crippen molar-refractivity contribution in [3.63, 3.8) is 0 Å². The number of carbonyl (C=O) groups is 1. The molecule has 0 aromatic carbocycles. The highest BCUT2D eigenvalue weighted by molar-refractivity contribution is 7.12. The van der Waals surface area contributed by atoms with Gasteiger partial charge in [0, 0.05) is 37.9 Å². The van der Waals surface area contributed by atoms with E-state index in [1.54, 1.807) is 0 Å². The van der Waals surface area contributed by atoms with Crippen molar-refractivity contribution in [3.8, 4) is 0 Å². The first kappa shape index (κ1) is 16.2. The summed E-state index contributed by atoms with van der Waals surface area (Å²) in [7, 11) is 0. The van der Waals surface area contributed by atoms with Gasteiger partial charge in [-0.05, 0) is 43.7 Å². The molecule has 5 nitrogen and oxygen atoms in total. The van der Waals surface area contributed by atoms with Crippen LogP contribution in [-0.4, -0.2) is 40.2 Å². The minimum Gasteiger partial charge on any atom is -0.351 e. The number of rotatable bonds is 6. The Hall–Kier alpha value is -1.66. The van der Waals surface area contributed by atoms with Crippen molar-refractivity contribution >= 4 is 17.2 Å². The summed E-state index contributed by atoms with van der Waals surface area (Å²) >= 11 is 1.49. The Morgan fingerprint density at radius 2 is 2.43 bits per heavy atom. The molecule has 1 N–H and O–H groups in total. The van der Waals surface area contributed by atoms with Crippen molar-refractivity contribution in [3.05, 3.63) is 40.3 Å². The van der Waals surface area contributed by atoms with Crippen LogP contribution >= 0.6 is 11.3 Å². The predicted molar refractivity (Wildman–Crippen MR) is 92.6 cm³/mol. The normalized spacial score (nSPS) is 18.9. The van der Waals surface area contributed by atoms with Crippen molar-refractivity contribution < 1.29 is 4.79 Å². The number of thiophene rings is 1. The highest BCUT2D eigenvalue weighted by Crippen LogP contribution is 2.18. The SMILES string of the molecule is CCn1cc(CN2CCC[C@H](CNC(=O)c3cccs3)C2)cn1. The van der Waals surface area contributed by atoms with E-state index in [1.807, 2.05) is 28.4 Å². The molecule has 3 heterocycles. The van der Waals surface area contributed by atoms with Crippen molar-refractivity contribution in [2.45, 2.75) is 32.9 Å². The van der Waals surface area contributed by atoms with Crippen molar-refractivity contribution in [2.75, 3.05) is 19.6 Å². The first-order valence-corrected chi connectivity index (χ1v) is 9.18. The van der Waals surface area contributed by atoms with Gasteiger partial charge in [0.15, 0.2) is 0 Å². The van der Waals surface area contributed by atoms with Crippen molar-refractivity contribution in [2.24, 2.45) is 5.92 Å². The van der Waals surface area contributed by atoms with Gasteiger partial charge in [-0.2, -0.15) is 5.10 Å². The Bertz CT molecular complexity index is 622. The van der Waals surface area contributed by atoms with Crippen molar-refractivity contribution in [1.29, 1.82) is 0 Å². The zero-order chi connectivity index (χ0) is 16.1. The number of hydrogen-bond acceptors (Lipinski definition) is 4. The average Bonchev–Trinajstić information content (AvgIpc) is 3.24. The van der Waals surface area contributed by atoms with Crippen LogP contribution in [0.1, 0.15) is 35.0 Å². The van der Waals surface area contributed by atoms with Crippen LogP contribution in [-0.2, 0) is 13.1 Å². The maximum absolute atomic E-state index is 12.0. The first-order valence-electron chi connectivity index (χ1n) is 8.30. The lowest BCUT2D eigenvalue weighted by molar-refractivity contribution is 0.0934. The van der Waals surface area contributed by atoms with Crippen molar-refractivity contribution in [1.82, 2.24) is 20.0 Å². The molecule has 0 radical (unpaired) electrons. The molecule has 0 unspecified atom stereocenters. The Morgan fingerprint density at radius 3 is 3.17 bits per heavy atom. The van der Waals surface area contributed by atoms with E-state index in [-0.39, 0.29) is 5.91 Å². The second kappa shape index (κ2) is 7.75. The summed E-state index contributed by atoms with van der Waals surface area (Å²) < 4.78 is 1.97. The standard InChI is InChI=1S/C17H24N4OS/c1-2-21-13-15(10-19-21)12-20-7-3-5-14(11-20)9-18-17(22)16-6-4-8-23-16/h4,6,8,10,13-14H,2-3,5,7,9,11-12H2,1H3,(H,18,22)/t14-/m1/s1. The van der Waals surface area contributed by atoms with Gasteiger partial charge in [0.1, 0.15) is 0 Å². The number of nitrogens with one attached hydrogen (secondary N) is 1. The van der Waals surface area contributed by atoms with E-state index in [2.05, 4.69) is 28.4 Å². The molecule has 0 saturated carbocycles. The van der Waals surface area contributed by atoms with E-state index in [0.717, 1.165) is 37.6 Å². The zero-order valence-electron chi connectivity index (χ0n) is 13.6. The lowest BCUT2D eigenvalue weighted by Gasteiger charge is -2.32. The van der Waals surface area contributed by atoms with Crippen LogP contribution in [0.2, 0.25) is 0 Å². The highest BCUT2D eigenvalue weighted by atomic mass is 32.1. The molecular formula is C17H24N4OS. The monoisotopic (exact) mass is 332 g/mol. The summed E-state index contributed by atoms with van der Waals surface area (Å²) in [4.78, 5) is 15.3. The van der Waals surface area contributed by atoms with E-state index in [0.29, 0.717) is 5.92 Å². The third-order valence-corrected chi connectivity index (χ3v) is 5.18. The van der Waals surface area contributed by atoms with Crippen LogP contribution < -0.4 is 5.32 Å². The molecule has 1 aliphatic heterocycles. The van der Waals surface area contributed by atoms with Gasteiger partial charge in [0.25, 0.3) is 5.91 Å². The van der Waals surface area contributed by atoms with E-state index < -0.39 is 0 Å². The first-order chi connectivity index (χ1) is 11.2. The number of amides is 1. The smallest absolute Gasteiger partial charge is 0.261 e. The second-order valence-corrected chi connectivity index (χ2v) is 7.08. The molecule has 2 aromatic heterocycles. The molecule has 0 bridgehead atoms. The zero-order valence-corrected chi connectivity index (χ0v) is 14.4. The van der Waals surface area contributed by atoms with Gasteiger partial charge >= 0.3 is 0 Å². The fraction of sp³-hybridized carbons (Fsp3) is 0.529. The van der Waals surface area contributed by atoms with Crippen LogP contribution in [0.15, 0.2) is 29.9 Å². The summed E-state index contributed by atoms with van der Waals surface area (Å²) in [5.41, 5.74) is 1.27. The van der Waals surface area contributed by atoms with Crippen LogP contribution in [0.5, 0.6) is 0 Å². The fourth-order valence-electron chi connectivity index (χ4n) is 3.11. The summed E-state index contributed by atoms with van der Waals surface area (Å²) in [6, 6.07) is 3.79. The predicted octanol–water partition coefficient (Wildman–Crippen LogP) is 2.61. The molecule has 0 aliphatic carbocycles. The summed E-state index contributed by atoms with van der Waals surface area (Å²) in [6.45, 7) is 6.91. The molecule has 0 spiro atoms. The average molecular weight is 332 g/mol. The van der Waals surface area contributed by atoms with E-state index in [9.17, 15) is 4.79 Å². The molecule has 1 aliphatic rings. The Balaban J connectivity index is 1.47. The lowest BCUT2D eigenvalue weighted by Crippen LogP contribution is -2.40. The number of aryl methyl sites for hydroxylation is 1. The van der Waals surface area contributed by atoms with Gasteiger partial charge < -0.3 is 5.32 Å². The van der Waals surface area contributed by atoms with Crippen LogP contribution in [0.25, 0.3) is 0 Å². The molecule has 1 amide bonds. The second-order valence-electron chi connectivity index (χ2n) is 6.13. The molecule has 6 heteroatoms. The number of piperidine rings is 1. The fourth-order valence-corrected chi connectivity index (χ4v) is 3.75. The van der Waals surface area contributed by atoms with E-state index in [4.69, 9.17) is 0 Å². The van der Waals surface area contributed by atoms with Gasteiger partial charge in [-0.25, -0.2) is 0 Å². The summed E-state index contributed by atoms with van der Waals surface area (Å²) in [6.07, 6.45) is 6.48. The lowest BCUT2D eigenvalue weighted by atomic mass is 9.97. The molecule has 1 saturated heterocycles. The molecule has 124 valence electrons. The maximum atomic E-state index is 12.0. The molecule has 2 aromatic rings. The van der Waals surface area contributed by atoms with Gasteiger partial charge in [0.2, 0.25) is 0 Å². The third-order valence-electron chi connectivity index (χ3n) is 4.32. The Labute approximate surface area is 141 Å². The van der Waals surface area contributed by atoms with E-state index >= 15 is 0 Å². The van der Waals surface area contributed by atoms with Gasteiger partial charge in [-0.3, -0.25) is 14.4 Å². The minimum atomic E-state index is 0.0568. The molecule has 23 heavy (non-hydrogen) atoms. The Kier molecular flexibility index (Phi) is 5.46. The number of nitrogens with zero attached hydrogens (tertiary/aromatic N) is 3. The molecule has 3 rings (SSSR count). The minimum absolute atomic E-state index is 0.0568. The van der Waals surface area contributed by atoms with Gasteiger partial charge in [-0.1, -0.05) is 6.07 Å². The van der Waals surface area contributed by atoms with Crippen LogP contribution in [0.3, 0.4) is 0 Å². The Morgan fingerprint density at radius 1 is 1.52 bits per heavy atom. The number of aromatic nitrogens is 2. The van der Waals surface area contributed by atoms with E-state index in [1.165, 1.54) is 29.7 Å². The molecular weight excluding hydrogens is 308 g/mol. The topological polar surface area (TPSA) is 50.2 Å². The summed E-state index contributed by atoms with van der Waals surface area (Å²) in [5, 5.41) is 9.36. The summed E-state index contributed by atoms with van der Waals surface area (Å²) in [5.74, 6) is 0.593. The van der Waals surface area contributed by atoms with Gasteiger partial charge in [-0.15, -0.1) is 11.3 Å². The molecule has 1 fully saturated rings. The van der Waals surface area contributed by atoms with Gasteiger partial charge in [0.05, 0.1) is 11.1 Å². The number of likely N-dealkylation sites (tertiary alicyclic amines) is 1. The number of hydrogen-bond donors (Lipinski definition) is 1. The van der Waals surface area contributed by atoms with Crippen LogP contribution in [0, 0.1) is 5.92 Å². The largest absolute Gasteiger partial charge is 0.351 e. The highest BCUT2D eigenvalue weighted by Gasteiger charge is 2.21. The molecule has 1 atom stereocenters. The quantitative estimate of drug-likeness (QED) is 0.885. The van der Waals surface area contributed by atoms with Crippen LogP contribution in [0.4, 0.5) is 0 Å². The third kappa shape index (κ3) is 4.42. The number of carbonyl (C=O) groups excluding carboxylic acids is 1. The maximum Gasteiger partial charge on any atom is 0.261 e.